The lowest BCUT2D eigenvalue weighted by molar-refractivity contribution is -0.149. The first kappa shape index (κ1) is 17.5. The summed E-state index contributed by atoms with van der Waals surface area (Å²) in [7, 11) is 0. The Kier molecular flexibility index (Phi) is 7.88. The van der Waals surface area contributed by atoms with Gasteiger partial charge in [-0.05, 0) is 31.9 Å². The van der Waals surface area contributed by atoms with E-state index in [4.69, 9.17) is 4.74 Å². The van der Waals surface area contributed by atoms with E-state index in [9.17, 15) is 4.79 Å². The van der Waals surface area contributed by atoms with Crippen molar-refractivity contribution in [3.8, 4) is 0 Å². The average molecular weight is 291 g/mol. The van der Waals surface area contributed by atoms with Gasteiger partial charge >= 0.3 is 5.97 Å². The molecule has 0 saturated carbocycles. The van der Waals surface area contributed by atoms with Crippen LogP contribution in [0.1, 0.15) is 59.3 Å². The molecule has 1 rings (SSSR count). The highest BCUT2D eigenvalue weighted by atomic mass is 16.5. The molecule has 1 aromatic rings. The van der Waals surface area contributed by atoms with E-state index >= 15 is 0 Å². The molecule has 0 bridgehead atoms. The highest BCUT2D eigenvalue weighted by Gasteiger charge is 2.38. The zero-order chi connectivity index (χ0) is 15.6. The zero-order valence-electron chi connectivity index (χ0n) is 13.7. The molecule has 0 unspecified atom stereocenters. The number of benzene rings is 1. The van der Waals surface area contributed by atoms with Crippen LogP contribution in [0.3, 0.4) is 0 Å². The number of para-hydroxylation sites is 1. The van der Waals surface area contributed by atoms with E-state index in [1.54, 1.807) is 0 Å². The van der Waals surface area contributed by atoms with Gasteiger partial charge in [0, 0.05) is 5.69 Å². The molecule has 0 radical (unpaired) electrons. The maximum absolute atomic E-state index is 12.6. The summed E-state index contributed by atoms with van der Waals surface area (Å²) in [6, 6.07) is 9.96. The van der Waals surface area contributed by atoms with Crippen molar-refractivity contribution in [2.45, 2.75) is 64.8 Å². The fraction of sp³-hybridized carbons (Fsp3) is 0.611. The van der Waals surface area contributed by atoms with Crippen molar-refractivity contribution in [2.75, 3.05) is 11.9 Å². The third-order valence-corrected chi connectivity index (χ3v) is 3.74. The summed E-state index contributed by atoms with van der Waals surface area (Å²) in [4.78, 5) is 12.6. The maximum atomic E-state index is 12.6. The molecule has 118 valence electrons. The topological polar surface area (TPSA) is 38.3 Å². The molecule has 0 spiro atoms. The van der Waals surface area contributed by atoms with E-state index in [0.717, 1.165) is 44.2 Å². The summed E-state index contributed by atoms with van der Waals surface area (Å²) >= 11 is 0. The molecular weight excluding hydrogens is 262 g/mol. The van der Waals surface area contributed by atoms with Crippen LogP contribution in [0.25, 0.3) is 0 Å². The minimum Gasteiger partial charge on any atom is -0.464 e. The highest BCUT2D eigenvalue weighted by molar-refractivity contribution is 5.84. The number of carbonyl (C=O) groups is 1. The average Bonchev–Trinajstić information content (AvgIpc) is 2.51. The number of rotatable bonds is 10. The van der Waals surface area contributed by atoms with Gasteiger partial charge in [0.15, 0.2) is 0 Å². The second-order valence-corrected chi connectivity index (χ2v) is 5.50. The van der Waals surface area contributed by atoms with E-state index in [2.05, 4.69) is 19.2 Å². The summed E-state index contributed by atoms with van der Waals surface area (Å²) in [6.07, 6.45) is 5.81. The first-order valence-corrected chi connectivity index (χ1v) is 8.19. The van der Waals surface area contributed by atoms with Gasteiger partial charge in [-0.1, -0.05) is 57.7 Å². The molecule has 1 N–H and O–H groups in total. The maximum Gasteiger partial charge on any atom is 0.331 e. The number of esters is 1. The van der Waals surface area contributed by atoms with Crippen molar-refractivity contribution in [1.82, 2.24) is 0 Å². The number of carbonyl (C=O) groups excluding carboxylic acids is 1. The van der Waals surface area contributed by atoms with Gasteiger partial charge < -0.3 is 10.1 Å². The van der Waals surface area contributed by atoms with Crippen LogP contribution < -0.4 is 5.32 Å². The Morgan fingerprint density at radius 3 is 2.10 bits per heavy atom. The molecule has 0 aliphatic rings. The molecule has 0 heterocycles. The fourth-order valence-corrected chi connectivity index (χ4v) is 2.53. The first-order valence-electron chi connectivity index (χ1n) is 8.19. The minimum atomic E-state index is -0.594. The quantitative estimate of drug-likeness (QED) is 0.630. The third kappa shape index (κ3) is 5.41. The lowest BCUT2D eigenvalue weighted by atomic mass is 9.86. The highest BCUT2D eigenvalue weighted by Crippen LogP contribution is 2.28. The van der Waals surface area contributed by atoms with E-state index in [0.29, 0.717) is 6.61 Å². The van der Waals surface area contributed by atoms with Crippen molar-refractivity contribution >= 4 is 11.7 Å². The lowest BCUT2D eigenvalue weighted by Gasteiger charge is -2.33. The Morgan fingerprint density at radius 1 is 1.05 bits per heavy atom. The van der Waals surface area contributed by atoms with Crippen LogP contribution in [0, 0.1) is 0 Å². The van der Waals surface area contributed by atoms with Gasteiger partial charge in [0.1, 0.15) is 5.54 Å². The monoisotopic (exact) mass is 291 g/mol. The van der Waals surface area contributed by atoms with Gasteiger partial charge in [-0.3, -0.25) is 0 Å². The molecule has 0 aromatic heterocycles. The van der Waals surface area contributed by atoms with Crippen molar-refractivity contribution in [2.24, 2.45) is 0 Å². The molecule has 0 saturated heterocycles. The summed E-state index contributed by atoms with van der Waals surface area (Å²) in [5, 5.41) is 3.47. The predicted octanol–water partition coefficient (Wildman–Crippen LogP) is 4.78. The standard InChI is InChI=1S/C18H29NO2/c1-4-7-14-18(15-8-5-2,17(20)21-6-3)19-16-12-10-9-11-13-16/h9-13,19H,4-8,14-15H2,1-3H3. The smallest absolute Gasteiger partial charge is 0.331 e. The van der Waals surface area contributed by atoms with Crippen LogP contribution >= 0.6 is 0 Å². The van der Waals surface area contributed by atoms with Crippen LogP contribution in [0.5, 0.6) is 0 Å². The SMILES string of the molecule is CCCCC(CCCC)(Nc1ccccc1)C(=O)OCC. The van der Waals surface area contributed by atoms with Gasteiger partial charge in [-0.2, -0.15) is 0 Å². The first-order chi connectivity index (χ1) is 10.2. The minimum absolute atomic E-state index is 0.115. The Morgan fingerprint density at radius 2 is 1.62 bits per heavy atom. The number of anilines is 1. The second-order valence-electron chi connectivity index (χ2n) is 5.50. The Labute approximate surface area is 129 Å². The van der Waals surface area contributed by atoms with Crippen molar-refractivity contribution in [3.05, 3.63) is 30.3 Å². The van der Waals surface area contributed by atoms with E-state index in [1.807, 2.05) is 37.3 Å². The number of hydrogen-bond donors (Lipinski definition) is 1. The Hall–Kier alpha value is -1.51. The second kappa shape index (κ2) is 9.43. The van der Waals surface area contributed by atoms with Gasteiger partial charge in [-0.25, -0.2) is 4.79 Å². The summed E-state index contributed by atoms with van der Waals surface area (Å²) in [5.41, 5.74) is 0.390. The molecule has 0 aliphatic carbocycles. The number of ether oxygens (including phenoxy) is 1. The van der Waals surface area contributed by atoms with Crippen LogP contribution in [0.4, 0.5) is 5.69 Å². The summed E-state index contributed by atoms with van der Waals surface area (Å²) in [5.74, 6) is -0.115. The molecule has 21 heavy (non-hydrogen) atoms. The fourth-order valence-electron chi connectivity index (χ4n) is 2.53. The molecule has 0 amide bonds. The predicted molar refractivity (Wildman–Crippen MR) is 88.5 cm³/mol. The molecule has 3 nitrogen and oxygen atoms in total. The Balaban J connectivity index is 2.99. The van der Waals surface area contributed by atoms with Gasteiger partial charge in [-0.15, -0.1) is 0 Å². The summed E-state index contributed by atoms with van der Waals surface area (Å²) in [6.45, 7) is 6.59. The van der Waals surface area contributed by atoms with Gasteiger partial charge in [0.25, 0.3) is 0 Å². The number of hydrogen-bond acceptors (Lipinski definition) is 3. The van der Waals surface area contributed by atoms with Crippen LogP contribution in [0.15, 0.2) is 30.3 Å². The van der Waals surface area contributed by atoms with Gasteiger partial charge in [0.05, 0.1) is 6.61 Å². The van der Waals surface area contributed by atoms with Crippen molar-refractivity contribution in [3.63, 3.8) is 0 Å². The molecule has 1 aromatic carbocycles. The van der Waals surface area contributed by atoms with Gasteiger partial charge in [0.2, 0.25) is 0 Å². The number of nitrogens with one attached hydrogen (secondary N) is 1. The Bertz CT molecular complexity index is 395. The molecule has 3 heteroatoms. The zero-order valence-corrected chi connectivity index (χ0v) is 13.7. The van der Waals surface area contributed by atoms with Crippen LogP contribution in [-0.2, 0) is 9.53 Å². The van der Waals surface area contributed by atoms with E-state index < -0.39 is 5.54 Å². The normalized spacial score (nSPS) is 11.2. The van der Waals surface area contributed by atoms with Crippen LogP contribution in [-0.4, -0.2) is 18.1 Å². The van der Waals surface area contributed by atoms with Crippen molar-refractivity contribution in [1.29, 1.82) is 0 Å². The molecule has 0 atom stereocenters. The number of unbranched alkanes of at least 4 members (excludes halogenated alkanes) is 2. The van der Waals surface area contributed by atoms with E-state index in [-0.39, 0.29) is 5.97 Å². The lowest BCUT2D eigenvalue weighted by Crippen LogP contribution is -2.47. The molecule has 0 fully saturated rings. The van der Waals surface area contributed by atoms with Crippen molar-refractivity contribution < 1.29 is 9.53 Å². The third-order valence-electron chi connectivity index (χ3n) is 3.74. The largest absolute Gasteiger partial charge is 0.464 e. The molecular formula is C18H29NO2. The van der Waals surface area contributed by atoms with E-state index in [1.165, 1.54) is 0 Å². The summed E-state index contributed by atoms with van der Waals surface area (Å²) < 4.78 is 5.37. The van der Waals surface area contributed by atoms with Crippen LogP contribution in [0.2, 0.25) is 0 Å². The molecule has 0 aliphatic heterocycles.